The van der Waals surface area contributed by atoms with E-state index >= 15 is 0 Å². The Kier molecular flexibility index (Phi) is 4.73. The molecule has 0 saturated carbocycles. The van der Waals surface area contributed by atoms with Gasteiger partial charge in [-0.3, -0.25) is 0 Å². The van der Waals surface area contributed by atoms with Crippen LogP contribution in [-0.2, 0) is 0 Å². The minimum Gasteiger partial charge on any atom is -0.192 e. The number of nitrogens with zero attached hydrogens (tertiary/aromatic N) is 2. The molecule has 21 heavy (non-hydrogen) atoms. The summed E-state index contributed by atoms with van der Waals surface area (Å²) in [5, 5.41) is 0. The van der Waals surface area contributed by atoms with Crippen molar-refractivity contribution in [3.63, 3.8) is 0 Å². The number of allylic oxidation sites excluding steroid dienone is 1. The van der Waals surface area contributed by atoms with E-state index in [0.29, 0.717) is 0 Å². The lowest BCUT2D eigenvalue weighted by Gasteiger charge is -2.17. The Morgan fingerprint density at radius 1 is 0.714 bits per heavy atom. The van der Waals surface area contributed by atoms with E-state index in [4.69, 9.17) is 0 Å². The van der Waals surface area contributed by atoms with Crippen LogP contribution in [0.4, 0.5) is 0 Å². The number of rotatable bonds is 2. The van der Waals surface area contributed by atoms with Crippen LogP contribution in [0.5, 0.6) is 0 Å². The molecule has 0 atom stereocenters. The van der Waals surface area contributed by atoms with E-state index in [1.54, 1.807) is 0 Å². The molecule has 0 fully saturated rings. The number of hydrogen-bond acceptors (Lipinski definition) is 3. The maximum atomic E-state index is 4.51. The average molecular weight is 422 g/mol. The Labute approximate surface area is 144 Å². The zero-order valence-corrected chi connectivity index (χ0v) is 14.8. The highest BCUT2D eigenvalue weighted by atomic mass is 79.9. The van der Waals surface area contributed by atoms with Crippen LogP contribution in [0.2, 0.25) is 0 Å². The Morgan fingerprint density at radius 2 is 1.14 bits per heavy atom. The van der Waals surface area contributed by atoms with Gasteiger partial charge in [-0.2, -0.15) is 8.80 Å². The van der Waals surface area contributed by atoms with Crippen LogP contribution in [0.25, 0.3) is 0 Å². The maximum Gasteiger partial charge on any atom is 0.116 e. The molecule has 5 heteroatoms. The van der Waals surface area contributed by atoms with E-state index in [-0.39, 0.29) is 0 Å². The fourth-order valence-corrected chi connectivity index (χ4v) is 3.42. The second-order valence-corrected chi connectivity index (χ2v) is 7.51. The lowest BCUT2D eigenvalue weighted by atomic mass is 9.96. The SMILES string of the molecule is BrC(Br)=C1C(c2ccccc2)=NSN=C1c1ccccc1. The first-order valence-electron chi connectivity index (χ1n) is 6.26. The molecule has 0 bridgehead atoms. The van der Waals surface area contributed by atoms with Gasteiger partial charge in [-0.1, -0.05) is 60.7 Å². The summed E-state index contributed by atoms with van der Waals surface area (Å²) in [6, 6.07) is 20.2. The molecular weight excluding hydrogens is 412 g/mol. The smallest absolute Gasteiger partial charge is 0.116 e. The Hall–Kier alpha value is -1.17. The Morgan fingerprint density at radius 3 is 1.52 bits per heavy atom. The van der Waals surface area contributed by atoms with Crippen molar-refractivity contribution in [2.45, 2.75) is 0 Å². The topological polar surface area (TPSA) is 24.7 Å². The third-order valence-electron chi connectivity index (χ3n) is 3.02. The summed E-state index contributed by atoms with van der Waals surface area (Å²) in [6.45, 7) is 0. The fourth-order valence-electron chi connectivity index (χ4n) is 2.07. The summed E-state index contributed by atoms with van der Waals surface area (Å²) in [4.78, 5) is 0. The summed E-state index contributed by atoms with van der Waals surface area (Å²) in [6.07, 6.45) is 0. The van der Waals surface area contributed by atoms with Crippen LogP contribution in [0, 0.1) is 0 Å². The van der Waals surface area contributed by atoms with Crippen LogP contribution in [0.1, 0.15) is 11.1 Å². The van der Waals surface area contributed by atoms with Crippen molar-refractivity contribution in [3.05, 3.63) is 80.8 Å². The van der Waals surface area contributed by atoms with E-state index in [1.807, 2.05) is 36.4 Å². The largest absolute Gasteiger partial charge is 0.192 e. The molecule has 104 valence electrons. The van der Waals surface area contributed by atoms with Crippen molar-refractivity contribution < 1.29 is 0 Å². The molecule has 1 aliphatic heterocycles. The third kappa shape index (κ3) is 3.20. The van der Waals surface area contributed by atoms with Crippen LogP contribution in [0.15, 0.2) is 78.4 Å². The molecule has 0 saturated heterocycles. The van der Waals surface area contributed by atoms with Crippen molar-refractivity contribution in [1.82, 2.24) is 0 Å². The van der Waals surface area contributed by atoms with Gasteiger partial charge >= 0.3 is 0 Å². The van der Waals surface area contributed by atoms with E-state index in [9.17, 15) is 0 Å². The molecule has 0 radical (unpaired) electrons. The van der Waals surface area contributed by atoms with Crippen LogP contribution in [0.3, 0.4) is 0 Å². The predicted octanol–water partition coefficient (Wildman–Crippen LogP) is 5.54. The Balaban J connectivity index is 2.10. The van der Waals surface area contributed by atoms with Crippen molar-refractivity contribution in [1.29, 1.82) is 0 Å². The molecule has 1 heterocycles. The summed E-state index contributed by atoms with van der Waals surface area (Å²) in [7, 11) is 0. The summed E-state index contributed by atoms with van der Waals surface area (Å²) >= 11 is 8.30. The lowest BCUT2D eigenvalue weighted by Crippen LogP contribution is -2.18. The molecule has 1 aliphatic rings. The van der Waals surface area contributed by atoms with Crippen molar-refractivity contribution >= 4 is 55.4 Å². The van der Waals surface area contributed by atoms with Gasteiger partial charge in [-0.25, -0.2) is 0 Å². The van der Waals surface area contributed by atoms with Gasteiger partial charge in [0.25, 0.3) is 0 Å². The van der Waals surface area contributed by atoms with Gasteiger partial charge in [0.05, 0.1) is 14.8 Å². The van der Waals surface area contributed by atoms with Crippen LogP contribution < -0.4 is 0 Å². The summed E-state index contributed by atoms with van der Waals surface area (Å²) in [5.74, 6) is 0. The average Bonchev–Trinajstić information content (AvgIpc) is 2.55. The zero-order valence-electron chi connectivity index (χ0n) is 10.8. The standard InChI is InChI=1S/C16H10Br2N2S/c17-16(18)13-14(11-7-3-1-4-8-11)19-21-20-15(13)12-9-5-2-6-10-12/h1-10H. The van der Waals surface area contributed by atoms with Gasteiger partial charge < -0.3 is 0 Å². The first-order valence-corrected chi connectivity index (χ1v) is 8.58. The van der Waals surface area contributed by atoms with Crippen LogP contribution in [-0.4, -0.2) is 11.4 Å². The first-order chi connectivity index (χ1) is 10.3. The van der Waals surface area contributed by atoms with Gasteiger partial charge in [-0.05, 0) is 31.9 Å². The van der Waals surface area contributed by atoms with Crippen molar-refractivity contribution in [2.24, 2.45) is 8.80 Å². The maximum absolute atomic E-state index is 4.51. The Bertz CT molecular complexity index is 676. The zero-order chi connectivity index (χ0) is 14.7. The minimum atomic E-state index is 0.848. The second kappa shape index (κ2) is 6.73. The van der Waals surface area contributed by atoms with Gasteiger partial charge in [0.1, 0.15) is 12.1 Å². The monoisotopic (exact) mass is 420 g/mol. The van der Waals surface area contributed by atoms with Crippen molar-refractivity contribution in [3.8, 4) is 0 Å². The molecule has 0 spiro atoms. The third-order valence-corrected chi connectivity index (χ3v) is 4.34. The van der Waals surface area contributed by atoms with Gasteiger partial charge in [0.15, 0.2) is 0 Å². The molecular formula is C16H10Br2N2S. The molecule has 3 rings (SSSR count). The fraction of sp³-hybridized carbons (Fsp3) is 0. The number of benzene rings is 2. The molecule has 0 aliphatic carbocycles. The predicted molar refractivity (Wildman–Crippen MR) is 98.4 cm³/mol. The molecule has 0 N–H and O–H groups in total. The summed E-state index contributed by atoms with van der Waals surface area (Å²) < 4.78 is 9.86. The van der Waals surface area contributed by atoms with Gasteiger partial charge in [0.2, 0.25) is 0 Å². The molecule has 0 unspecified atom stereocenters. The van der Waals surface area contributed by atoms with Gasteiger partial charge in [0, 0.05) is 16.7 Å². The highest BCUT2D eigenvalue weighted by Gasteiger charge is 2.23. The molecule has 2 aromatic carbocycles. The first kappa shape index (κ1) is 14.8. The molecule has 2 nitrogen and oxygen atoms in total. The van der Waals surface area contributed by atoms with E-state index < -0.39 is 0 Å². The lowest BCUT2D eigenvalue weighted by molar-refractivity contribution is 1.57. The molecule has 2 aromatic rings. The van der Waals surface area contributed by atoms with Crippen molar-refractivity contribution in [2.75, 3.05) is 0 Å². The second-order valence-electron chi connectivity index (χ2n) is 4.33. The number of halogens is 2. The van der Waals surface area contributed by atoms with Gasteiger partial charge in [-0.15, -0.1) is 0 Å². The van der Waals surface area contributed by atoms with Crippen LogP contribution >= 0.6 is 44.0 Å². The molecule has 0 aromatic heterocycles. The highest BCUT2D eigenvalue weighted by Crippen LogP contribution is 2.32. The highest BCUT2D eigenvalue weighted by molar-refractivity contribution is 9.28. The summed E-state index contributed by atoms with van der Waals surface area (Å²) in [5.41, 5.74) is 4.93. The normalized spacial score (nSPS) is 14.5. The molecule has 0 amide bonds. The van der Waals surface area contributed by atoms with E-state index in [0.717, 1.165) is 31.5 Å². The van der Waals surface area contributed by atoms with E-state index in [1.165, 1.54) is 12.1 Å². The quantitative estimate of drug-likeness (QED) is 0.584. The van der Waals surface area contributed by atoms with E-state index in [2.05, 4.69) is 64.9 Å². The minimum absolute atomic E-state index is 0.848. The number of hydrogen-bond donors (Lipinski definition) is 0.